The highest BCUT2D eigenvalue weighted by molar-refractivity contribution is 7.70. The number of nitrogens with zero attached hydrogens (tertiary/aromatic N) is 5. The molecule has 3 N–H and O–H groups in total. The summed E-state index contributed by atoms with van der Waals surface area (Å²) in [4.78, 5) is 10.2. The number of anilines is 4. The number of rotatable bonds is 8. The SMILES string of the molecule is Cc1c(Nc2ncc(C(F)(F)F)c(Nc3ccccc3P(C)(C)=O)n2)cnn1C1CCN(CCO)CC1. The van der Waals surface area contributed by atoms with Crippen LogP contribution >= 0.6 is 7.14 Å². The molecule has 37 heavy (non-hydrogen) atoms. The number of hydrogen-bond donors (Lipinski definition) is 3. The van der Waals surface area contributed by atoms with E-state index in [0.29, 0.717) is 23.2 Å². The molecule has 3 heterocycles. The number of nitrogens with one attached hydrogen (secondary N) is 2. The van der Waals surface area contributed by atoms with Gasteiger partial charge in [-0.25, -0.2) is 4.98 Å². The summed E-state index contributed by atoms with van der Waals surface area (Å²) in [6.45, 7) is 7.49. The molecule has 0 radical (unpaired) electrons. The standard InChI is InChI=1S/C24H31F3N7O2P/c1-16-20(15-29-34(16)17-8-10-33(11-9-17)12-13-35)31-23-28-14-18(24(25,26)27)22(32-23)30-19-6-4-5-7-21(19)37(2,3)36/h4-7,14-15,17,35H,8-13H2,1-3H3,(H2,28,30,31,32). The highest BCUT2D eigenvalue weighted by atomic mass is 31.2. The third-order valence-corrected chi connectivity index (χ3v) is 7.99. The predicted octanol–water partition coefficient (Wildman–Crippen LogP) is 4.36. The Balaban J connectivity index is 1.59. The van der Waals surface area contributed by atoms with Crippen molar-refractivity contribution in [3.63, 3.8) is 0 Å². The predicted molar refractivity (Wildman–Crippen MR) is 138 cm³/mol. The molecule has 0 atom stereocenters. The Morgan fingerprint density at radius 1 is 1.11 bits per heavy atom. The van der Waals surface area contributed by atoms with E-state index in [1.807, 2.05) is 11.6 Å². The molecule has 0 saturated carbocycles. The van der Waals surface area contributed by atoms with Gasteiger partial charge in [-0.15, -0.1) is 0 Å². The zero-order valence-electron chi connectivity index (χ0n) is 21.0. The van der Waals surface area contributed by atoms with Gasteiger partial charge in [-0.1, -0.05) is 12.1 Å². The summed E-state index contributed by atoms with van der Waals surface area (Å²) in [6.07, 6.45) is -0.586. The lowest BCUT2D eigenvalue weighted by Crippen LogP contribution is -2.36. The van der Waals surface area contributed by atoms with Crippen molar-refractivity contribution < 1.29 is 22.8 Å². The Morgan fingerprint density at radius 3 is 2.46 bits per heavy atom. The Hall–Kier alpha value is -2.95. The topological polar surface area (TPSA) is 108 Å². The molecule has 0 aliphatic carbocycles. The molecule has 2 aromatic heterocycles. The Bertz CT molecular complexity index is 1280. The molecule has 1 saturated heterocycles. The molecular weight excluding hydrogens is 506 g/mol. The minimum atomic E-state index is -4.69. The number of halogens is 3. The highest BCUT2D eigenvalue weighted by Crippen LogP contribution is 2.40. The lowest BCUT2D eigenvalue weighted by Gasteiger charge is -2.32. The molecule has 1 fully saturated rings. The van der Waals surface area contributed by atoms with E-state index < -0.39 is 24.7 Å². The normalized spacial score (nSPS) is 15.6. The molecule has 0 spiro atoms. The average molecular weight is 538 g/mol. The summed E-state index contributed by atoms with van der Waals surface area (Å²) in [7, 11) is -2.77. The van der Waals surface area contributed by atoms with E-state index in [2.05, 4.69) is 30.6 Å². The minimum Gasteiger partial charge on any atom is -0.395 e. The molecule has 0 bridgehead atoms. The average Bonchev–Trinajstić information content (AvgIpc) is 3.19. The largest absolute Gasteiger partial charge is 0.421 e. The number of likely N-dealkylation sites (tertiary alicyclic amines) is 1. The number of para-hydroxylation sites is 1. The number of alkyl halides is 3. The van der Waals surface area contributed by atoms with Crippen LogP contribution in [-0.4, -0.2) is 69.3 Å². The van der Waals surface area contributed by atoms with Crippen LogP contribution in [-0.2, 0) is 10.7 Å². The second-order valence-corrected chi connectivity index (χ2v) is 12.6. The quantitative estimate of drug-likeness (QED) is 0.364. The summed E-state index contributed by atoms with van der Waals surface area (Å²) in [5, 5.41) is 19.8. The second kappa shape index (κ2) is 10.8. The van der Waals surface area contributed by atoms with Crippen molar-refractivity contribution in [1.29, 1.82) is 0 Å². The van der Waals surface area contributed by atoms with Gasteiger partial charge in [0.15, 0.2) is 0 Å². The monoisotopic (exact) mass is 537 g/mol. The molecule has 0 unspecified atom stereocenters. The molecule has 1 aliphatic heterocycles. The summed E-state index contributed by atoms with van der Waals surface area (Å²) < 4.78 is 55.9. The first-order chi connectivity index (χ1) is 17.5. The van der Waals surface area contributed by atoms with Crippen LogP contribution in [0.2, 0.25) is 0 Å². The number of benzene rings is 1. The maximum atomic E-state index is 13.8. The number of aliphatic hydroxyl groups is 1. The Morgan fingerprint density at radius 2 is 1.81 bits per heavy atom. The number of hydrogen-bond acceptors (Lipinski definition) is 8. The maximum absolute atomic E-state index is 13.8. The molecule has 0 amide bonds. The third-order valence-electron chi connectivity index (χ3n) is 6.44. The van der Waals surface area contributed by atoms with Crippen molar-refractivity contribution >= 4 is 35.6 Å². The van der Waals surface area contributed by atoms with Crippen LogP contribution in [0, 0.1) is 6.92 Å². The fourth-order valence-electron chi connectivity index (χ4n) is 4.48. The fraction of sp³-hybridized carbons (Fsp3) is 0.458. The van der Waals surface area contributed by atoms with Crippen molar-refractivity contribution in [1.82, 2.24) is 24.6 Å². The second-order valence-electron chi connectivity index (χ2n) is 9.46. The van der Waals surface area contributed by atoms with Gasteiger partial charge in [-0.05, 0) is 45.2 Å². The smallest absolute Gasteiger partial charge is 0.395 e. The summed E-state index contributed by atoms with van der Waals surface area (Å²) in [5.74, 6) is -0.461. The van der Waals surface area contributed by atoms with E-state index in [0.717, 1.165) is 37.8 Å². The van der Waals surface area contributed by atoms with Crippen LogP contribution < -0.4 is 15.9 Å². The minimum absolute atomic E-state index is 0.0235. The molecule has 3 aromatic rings. The van der Waals surface area contributed by atoms with Gasteiger partial charge in [-0.3, -0.25) is 4.68 Å². The van der Waals surface area contributed by atoms with Crippen LogP contribution in [0.1, 0.15) is 30.1 Å². The van der Waals surface area contributed by atoms with Crippen molar-refractivity contribution in [2.24, 2.45) is 0 Å². The van der Waals surface area contributed by atoms with Crippen molar-refractivity contribution in [3.05, 3.63) is 47.9 Å². The van der Waals surface area contributed by atoms with Gasteiger partial charge in [0.2, 0.25) is 5.95 Å². The van der Waals surface area contributed by atoms with Gasteiger partial charge in [0.1, 0.15) is 18.5 Å². The van der Waals surface area contributed by atoms with Gasteiger partial charge in [0, 0.05) is 31.1 Å². The van der Waals surface area contributed by atoms with Crippen molar-refractivity contribution in [3.8, 4) is 0 Å². The lowest BCUT2D eigenvalue weighted by atomic mass is 10.1. The number of aromatic nitrogens is 4. The fourth-order valence-corrected chi connectivity index (χ4v) is 5.64. The summed E-state index contributed by atoms with van der Waals surface area (Å²) in [5.41, 5.74) is 0.678. The van der Waals surface area contributed by atoms with E-state index in [4.69, 9.17) is 5.11 Å². The number of β-amino-alcohol motifs (C(OH)–C–C–N with tert-alkyl or cyclic N) is 1. The third kappa shape index (κ3) is 6.31. The molecule has 1 aliphatic rings. The molecule has 1 aromatic carbocycles. The molecule has 4 rings (SSSR count). The highest BCUT2D eigenvalue weighted by Gasteiger charge is 2.36. The first-order valence-corrected chi connectivity index (χ1v) is 14.6. The van der Waals surface area contributed by atoms with Crippen LogP contribution in [0.3, 0.4) is 0 Å². The van der Waals surface area contributed by atoms with Crippen LogP contribution in [0.4, 0.5) is 36.3 Å². The summed E-state index contributed by atoms with van der Waals surface area (Å²) in [6, 6.07) is 6.73. The summed E-state index contributed by atoms with van der Waals surface area (Å²) >= 11 is 0. The van der Waals surface area contributed by atoms with E-state index in [1.165, 1.54) is 0 Å². The molecular formula is C24H31F3N7O2P. The number of aliphatic hydroxyl groups excluding tert-OH is 1. The van der Waals surface area contributed by atoms with E-state index >= 15 is 0 Å². The van der Waals surface area contributed by atoms with Crippen molar-refractivity contribution in [2.75, 3.05) is 50.2 Å². The Kier molecular flexibility index (Phi) is 7.91. The van der Waals surface area contributed by atoms with E-state index in [1.54, 1.807) is 43.8 Å². The molecule has 200 valence electrons. The van der Waals surface area contributed by atoms with Gasteiger partial charge < -0.3 is 25.2 Å². The van der Waals surface area contributed by atoms with Gasteiger partial charge in [0.25, 0.3) is 0 Å². The van der Waals surface area contributed by atoms with Crippen LogP contribution in [0.5, 0.6) is 0 Å². The van der Waals surface area contributed by atoms with Gasteiger partial charge in [0.05, 0.1) is 35.9 Å². The first-order valence-electron chi connectivity index (χ1n) is 12.0. The number of piperidine rings is 1. The van der Waals surface area contributed by atoms with E-state index in [-0.39, 0.29) is 18.6 Å². The molecule has 13 heteroatoms. The Labute approximate surface area is 213 Å². The van der Waals surface area contributed by atoms with E-state index in [9.17, 15) is 17.7 Å². The zero-order valence-corrected chi connectivity index (χ0v) is 21.9. The van der Waals surface area contributed by atoms with Crippen LogP contribution in [0.25, 0.3) is 0 Å². The molecule has 9 nitrogen and oxygen atoms in total. The maximum Gasteiger partial charge on any atom is 0.421 e. The first kappa shape index (κ1) is 27.1. The van der Waals surface area contributed by atoms with Gasteiger partial charge in [-0.2, -0.15) is 23.3 Å². The lowest BCUT2D eigenvalue weighted by molar-refractivity contribution is -0.137. The van der Waals surface area contributed by atoms with Crippen LogP contribution in [0.15, 0.2) is 36.7 Å². The zero-order chi connectivity index (χ0) is 26.8. The van der Waals surface area contributed by atoms with Gasteiger partial charge >= 0.3 is 6.18 Å². The van der Waals surface area contributed by atoms with Crippen molar-refractivity contribution in [2.45, 2.75) is 32.0 Å².